The fourth-order valence-electron chi connectivity index (χ4n) is 3.07. The van der Waals surface area contributed by atoms with Crippen molar-refractivity contribution < 1.29 is 14.3 Å². The van der Waals surface area contributed by atoms with Gasteiger partial charge in [0.2, 0.25) is 11.8 Å². The minimum Gasteiger partial charge on any atom is -0.497 e. The number of ether oxygens (including phenoxy) is 1. The zero-order valence-electron chi connectivity index (χ0n) is 17.9. The molecule has 0 fully saturated rings. The number of benzene rings is 2. The van der Waals surface area contributed by atoms with Gasteiger partial charge in [0.05, 0.1) is 13.5 Å². The molecule has 1 N–H and O–H groups in total. The van der Waals surface area contributed by atoms with Crippen molar-refractivity contribution in [2.45, 2.75) is 52.6 Å². The number of aryl methyl sites for hydroxylation is 1. The smallest absolute Gasteiger partial charge is 0.242 e. The molecule has 2 aromatic rings. The highest BCUT2D eigenvalue weighted by atomic mass is 16.5. The number of carbonyl (C=O) groups excluding carboxylic acids is 2. The molecule has 0 spiro atoms. The highest BCUT2D eigenvalue weighted by Crippen LogP contribution is 2.17. The second-order valence-electron chi connectivity index (χ2n) is 7.36. The van der Waals surface area contributed by atoms with E-state index in [0.29, 0.717) is 13.1 Å². The van der Waals surface area contributed by atoms with Crippen LogP contribution < -0.4 is 10.1 Å². The lowest BCUT2D eigenvalue weighted by atomic mass is 10.1. The molecule has 2 aromatic carbocycles. The zero-order chi connectivity index (χ0) is 21.2. The Morgan fingerprint density at radius 1 is 1.10 bits per heavy atom. The van der Waals surface area contributed by atoms with Gasteiger partial charge in [0.25, 0.3) is 0 Å². The number of hydrogen-bond acceptors (Lipinski definition) is 3. The molecule has 0 bridgehead atoms. The lowest BCUT2D eigenvalue weighted by Gasteiger charge is -2.29. The zero-order valence-corrected chi connectivity index (χ0v) is 17.9. The molecule has 1 unspecified atom stereocenters. The van der Waals surface area contributed by atoms with E-state index in [0.717, 1.165) is 35.3 Å². The maximum Gasteiger partial charge on any atom is 0.242 e. The van der Waals surface area contributed by atoms with Crippen molar-refractivity contribution in [1.82, 2.24) is 10.2 Å². The van der Waals surface area contributed by atoms with Gasteiger partial charge in [-0.25, -0.2) is 0 Å². The second kappa shape index (κ2) is 11.2. The van der Waals surface area contributed by atoms with Crippen LogP contribution in [0.4, 0.5) is 0 Å². The Balaban J connectivity index is 2.19. The third-order valence-electron chi connectivity index (χ3n) is 4.96. The lowest BCUT2D eigenvalue weighted by Crippen LogP contribution is -2.48. The van der Waals surface area contributed by atoms with Gasteiger partial charge in [-0.05, 0) is 43.5 Å². The van der Waals surface area contributed by atoms with Crippen LogP contribution in [-0.4, -0.2) is 36.4 Å². The molecule has 0 aliphatic rings. The van der Waals surface area contributed by atoms with Gasteiger partial charge in [-0.15, -0.1) is 0 Å². The van der Waals surface area contributed by atoms with E-state index >= 15 is 0 Å². The molecule has 0 heterocycles. The summed E-state index contributed by atoms with van der Waals surface area (Å²) >= 11 is 0. The van der Waals surface area contributed by atoms with E-state index in [4.69, 9.17) is 4.74 Å². The third-order valence-corrected chi connectivity index (χ3v) is 4.96. The van der Waals surface area contributed by atoms with E-state index in [1.54, 1.807) is 18.9 Å². The fourth-order valence-corrected chi connectivity index (χ4v) is 3.07. The molecule has 0 saturated heterocycles. The molecule has 0 radical (unpaired) electrons. The molecule has 0 saturated carbocycles. The van der Waals surface area contributed by atoms with Crippen LogP contribution in [0.2, 0.25) is 0 Å². The Kier molecular flexibility index (Phi) is 8.71. The van der Waals surface area contributed by atoms with Crippen molar-refractivity contribution in [3.05, 3.63) is 65.2 Å². The largest absolute Gasteiger partial charge is 0.497 e. The molecular formula is C24H32N2O3. The van der Waals surface area contributed by atoms with Crippen LogP contribution in [0, 0.1) is 6.92 Å². The quantitative estimate of drug-likeness (QED) is 0.620. The molecule has 0 aliphatic carbocycles. The molecule has 2 rings (SSSR count). The van der Waals surface area contributed by atoms with Crippen molar-refractivity contribution in [2.24, 2.45) is 0 Å². The Labute approximate surface area is 174 Å². The first-order chi connectivity index (χ1) is 13.9. The number of nitrogens with one attached hydrogen (secondary N) is 1. The van der Waals surface area contributed by atoms with E-state index < -0.39 is 6.04 Å². The minimum atomic E-state index is -0.559. The molecular weight excluding hydrogens is 364 g/mol. The number of nitrogens with zero attached hydrogens (tertiary/aromatic N) is 1. The second-order valence-corrected chi connectivity index (χ2v) is 7.36. The lowest BCUT2D eigenvalue weighted by molar-refractivity contribution is -0.140. The molecule has 2 amide bonds. The predicted octanol–water partition coefficient (Wildman–Crippen LogP) is 3.88. The monoisotopic (exact) mass is 396 g/mol. The molecule has 156 valence electrons. The van der Waals surface area contributed by atoms with Gasteiger partial charge in [0.1, 0.15) is 11.8 Å². The first kappa shape index (κ1) is 22.5. The van der Waals surface area contributed by atoms with Crippen LogP contribution in [0.5, 0.6) is 5.75 Å². The van der Waals surface area contributed by atoms with Crippen molar-refractivity contribution >= 4 is 11.8 Å². The van der Waals surface area contributed by atoms with Crippen LogP contribution in [-0.2, 0) is 22.6 Å². The maximum absolute atomic E-state index is 13.1. The van der Waals surface area contributed by atoms with Gasteiger partial charge in [0, 0.05) is 13.1 Å². The number of carbonyl (C=O) groups is 2. The Morgan fingerprint density at radius 3 is 2.48 bits per heavy atom. The molecule has 29 heavy (non-hydrogen) atoms. The first-order valence-electron chi connectivity index (χ1n) is 10.2. The third kappa shape index (κ3) is 6.93. The summed E-state index contributed by atoms with van der Waals surface area (Å²) in [6, 6.07) is 14.9. The van der Waals surface area contributed by atoms with Crippen molar-refractivity contribution in [3.8, 4) is 5.75 Å². The highest BCUT2D eigenvalue weighted by molar-refractivity contribution is 5.88. The average Bonchev–Trinajstić information content (AvgIpc) is 2.73. The van der Waals surface area contributed by atoms with Gasteiger partial charge < -0.3 is 15.0 Å². The minimum absolute atomic E-state index is 0.0742. The number of hydrogen-bond donors (Lipinski definition) is 1. The van der Waals surface area contributed by atoms with Crippen molar-refractivity contribution in [3.63, 3.8) is 0 Å². The standard InChI is InChI=1S/C24H32N2O3/c1-5-6-14-25-24(28)19(3)26(17-21-8-7-9-22(15-21)29-4)23(27)16-20-12-10-18(2)11-13-20/h7-13,15,19H,5-6,14,16-17H2,1-4H3,(H,25,28). The summed E-state index contributed by atoms with van der Waals surface area (Å²) in [7, 11) is 1.61. The van der Waals surface area contributed by atoms with Gasteiger partial charge in [-0.2, -0.15) is 0 Å². The first-order valence-corrected chi connectivity index (χ1v) is 10.2. The number of rotatable bonds is 10. The SMILES string of the molecule is CCCCNC(=O)C(C)N(Cc1cccc(OC)c1)C(=O)Cc1ccc(C)cc1. The molecule has 0 aromatic heterocycles. The summed E-state index contributed by atoms with van der Waals surface area (Å²) < 4.78 is 5.29. The fraction of sp³-hybridized carbons (Fsp3) is 0.417. The average molecular weight is 397 g/mol. The Hall–Kier alpha value is -2.82. The van der Waals surface area contributed by atoms with Crippen LogP contribution in [0.1, 0.15) is 43.4 Å². The van der Waals surface area contributed by atoms with Crippen molar-refractivity contribution in [2.75, 3.05) is 13.7 Å². The Morgan fingerprint density at radius 2 is 1.83 bits per heavy atom. The van der Waals surface area contributed by atoms with E-state index in [1.165, 1.54) is 0 Å². The van der Waals surface area contributed by atoms with Crippen LogP contribution in [0.3, 0.4) is 0 Å². The van der Waals surface area contributed by atoms with E-state index in [9.17, 15) is 9.59 Å². The van der Waals surface area contributed by atoms with Crippen molar-refractivity contribution in [1.29, 1.82) is 0 Å². The topological polar surface area (TPSA) is 58.6 Å². The Bertz CT molecular complexity index is 802. The highest BCUT2D eigenvalue weighted by Gasteiger charge is 2.26. The van der Waals surface area contributed by atoms with Gasteiger partial charge in [-0.3, -0.25) is 9.59 Å². The van der Waals surface area contributed by atoms with Gasteiger partial charge in [-0.1, -0.05) is 55.3 Å². The summed E-state index contributed by atoms with van der Waals surface area (Å²) in [5.74, 6) is 0.530. The number of amides is 2. The van der Waals surface area contributed by atoms with Crippen LogP contribution >= 0.6 is 0 Å². The summed E-state index contributed by atoms with van der Waals surface area (Å²) in [5, 5.41) is 2.94. The molecule has 1 atom stereocenters. The van der Waals surface area contributed by atoms with E-state index in [-0.39, 0.29) is 18.2 Å². The molecule has 5 nitrogen and oxygen atoms in total. The summed E-state index contributed by atoms with van der Waals surface area (Å²) in [6.45, 7) is 6.86. The summed E-state index contributed by atoms with van der Waals surface area (Å²) in [6.07, 6.45) is 2.19. The molecule has 0 aliphatic heterocycles. The predicted molar refractivity (Wildman–Crippen MR) is 116 cm³/mol. The van der Waals surface area contributed by atoms with Crippen LogP contribution in [0.25, 0.3) is 0 Å². The normalized spacial score (nSPS) is 11.6. The van der Waals surface area contributed by atoms with E-state index in [2.05, 4.69) is 12.2 Å². The number of methoxy groups -OCH3 is 1. The van der Waals surface area contributed by atoms with E-state index in [1.807, 2.05) is 55.5 Å². The number of unbranched alkanes of at least 4 members (excludes halogenated alkanes) is 1. The summed E-state index contributed by atoms with van der Waals surface area (Å²) in [4.78, 5) is 27.4. The molecule has 5 heteroatoms. The maximum atomic E-state index is 13.1. The van der Waals surface area contributed by atoms with Gasteiger partial charge in [0.15, 0.2) is 0 Å². The summed E-state index contributed by atoms with van der Waals surface area (Å²) in [5.41, 5.74) is 3.02. The van der Waals surface area contributed by atoms with Crippen LogP contribution in [0.15, 0.2) is 48.5 Å². The van der Waals surface area contributed by atoms with Gasteiger partial charge >= 0.3 is 0 Å².